The van der Waals surface area contributed by atoms with Crippen LogP contribution in [0.1, 0.15) is 20.8 Å². The largest absolute Gasteiger partial charge is 0.377 e. The molecule has 2 heterocycles. The quantitative estimate of drug-likeness (QED) is 0.706. The maximum atomic E-state index is 8.64. The molecule has 2 aliphatic heterocycles. The number of allylic oxidation sites excluding steroid dienone is 1. The molecule has 2 rings (SSSR count). The molecule has 4 heteroatoms. The second-order valence-electron chi connectivity index (χ2n) is 6.08. The zero-order valence-electron chi connectivity index (χ0n) is 11.6. The van der Waals surface area contributed by atoms with E-state index in [2.05, 4.69) is 36.6 Å². The lowest BCUT2D eigenvalue weighted by atomic mass is 9.95. The van der Waals surface area contributed by atoms with Crippen molar-refractivity contribution in [1.29, 1.82) is 5.26 Å². The lowest BCUT2D eigenvalue weighted by Crippen LogP contribution is -2.66. The minimum Gasteiger partial charge on any atom is -0.377 e. The van der Waals surface area contributed by atoms with Gasteiger partial charge in [0.15, 0.2) is 0 Å². The monoisotopic (exact) mass is 249 g/mol. The van der Waals surface area contributed by atoms with Gasteiger partial charge in [0.05, 0.1) is 24.8 Å². The molecule has 0 saturated carbocycles. The molecule has 0 aliphatic carbocycles. The van der Waals surface area contributed by atoms with Crippen molar-refractivity contribution in [3.8, 4) is 6.07 Å². The number of nitrogens with zero attached hydrogens (tertiary/aromatic N) is 3. The van der Waals surface area contributed by atoms with Gasteiger partial charge in [0, 0.05) is 37.8 Å². The lowest BCUT2D eigenvalue weighted by Gasteiger charge is -2.52. The number of piperazine rings is 1. The predicted octanol–water partition coefficient (Wildman–Crippen LogP) is 1.25. The maximum absolute atomic E-state index is 8.64. The summed E-state index contributed by atoms with van der Waals surface area (Å²) in [6, 6.07) is 2.08. The molecule has 2 fully saturated rings. The standard InChI is InChI=1S/C14H23N3O/c1-13(2,5-4-6-15)16-7-9-17(10-8-16)14(3)11-18-12-14/h4-5H,7-12H2,1-3H3/b5-4+. The van der Waals surface area contributed by atoms with Crippen molar-refractivity contribution >= 4 is 0 Å². The molecular weight excluding hydrogens is 226 g/mol. The van der Waals surface area contributed by atoms with Crippen LogP contribution in [0.5, 0.6) is 0 Å². The molecule has 0 atom stereocenters. The Labute approximate surface area is 110 Å². The first-order chi connectivity index (χ1) is 8.48. The second-order valence-corrected chi connectivity index (χ2v) is 6.08. The second kappa shape index (κ2) is 5.00. The van der Waals surface area contributed by atoms with Crippen LogP contribution in [0, 0.1) is 11.3 Å². The van der Waals surface area contributed by atoms with Gasteiger partial charge in [-0.15, -0.1) is 0 Å². The molecule has 0 aromatic rings. The van der Waals surface area contributed by atoms with Gasteiger partial charge >= 0.3 is 0 Å². The maximum Gasteiger partial charge on any atom is 0.0909 e. The number of nitriles is 1. The summed E-state index contributed by atoms with van der Waals surface area (Å²) in [4.78, 5) is 4.98. The topological polar surface area (TPSA) is 39.5 Å². The van der Waals surface area contributed by atoms with Crippen LogP contribution in [0.4, 0.5) is 0 Å². The van der Waals surface area contributed by atoms with Crippen LogP contribution in [0.3, 0.4) is 0 Å². The molecule has 18 heavy (non-hydrogen) atoms. The summed E-state index contributed by atoms with van der Waals surface area (Å²) in [5.41, 5.74) is 0.234. The van der Waals surface area contributed by atoms with E-state index in [1.54, 1.807) is 6.08 Å². The summed E-state index contributed by atoms with van der Waals surface area (Å²) in [6.45, 7) is 12.6. The highest BCUT2D eigenvalue weighted by atomic mass is 16.5. The zero-order valence-corrected chi connectivity index (χ0v) is 11.6. The SMILES string of the molecule is CC(C)(/C=C/C#N)N1CCN(C2(C)COC2)CC1. The van der Waals surface area contributed by atoms with Crippen LogP contribution in [0.15, 0.2) is 12.2 Å². The van der Waals surface area contributed by atoms with Gasteiger partial charge in [0.25, 0.3) is 0 Å². The van der Waals surface area contributed by atoms with Crippen molar-refractivity contribution in [3.63, 3.8) is 0 Å². The molecule has 0 radical (unpaired) electrons. The Balaban J connectivity index is 1.90. The van der Waals surface area contributed by atoms with E-state index >= 15 is 0 Å². The van der Waals surface area contributed by atoms with Crippen LogP contribution in [-0.4, -0.2) is 60.3 Å². The van der Waals surface area contributed by atoms with Gasteiger partial charge in [-0.05, 0) is 20.8 Å². The Morgan fingerprint density at radius 3 is 2.28 bits per heavy atom. The van der Waals surface area contributed by atoms with E-state index in [0.717, 1.165) is 39.4 Å². The molecule has 0 aromatic carbocycles. The number of rotatable bonds is 3. The van der Waals surface area contributed by atoms with E-state index in [1.165, 1.54) is 0 Å². The van der Waals surface area contributed by atoms with E-state index in [4.69, 9.17) is 10.00 Å². The first kappa shape index (κ1) is 13.5. The molecule has 100 valence electrons. The van der Waals surface area contributed by atoms with Gasteiger partial charge in [-0.3, -0.25) is 9.80 Å². The van der Waals surface area contributed by atoms with Crippen LogP contribution < -0.4 is 0 Å². The van der Waals surface area contributed by atoms with Gasteiger partial charge in [0.2, 0.25) is 0 Å². The third-order valence-electron chi connectivity index (χ3n) is 4.25. The van der Waals surface area contributed by atoms with E-state index < -0.39 is 0 Å². The molecule has 2 saturated heterocycles. The molecule has 0 bridgehead atoms. The predicted molar refractivity (Wildman–Crippen MR) is 71.2 cm³/mol. The molecule has 0 amide bonds. The van der Waals surface area contributed by atoms with Gasteiger partial charge < -0.3 is 4.74 Å². The highest BCUT2D eigenvalue weighted by molar-refractivity contribution is 5.12. The minimum absolute atomic E-state index is 0.0289. The zero-order chi connectivity index (χ0) is 13.2. The molecule has 0 unspecified atom stereocenters. The van der Waals surface area contributed by atoms with Crippen molar-refractivity contribution in [1.82, 2.24) is 9.80 Å². The van der Waals surface area contributed by atoms with Crippen LogP contribution in [-0.2, 0) is 4.74 Å². The van der Waals surface area contributed by atoms with Crippen molar-refractivity contribution in [2.45, 2.75) is 31.8 Å². The summed E-state index contributed by atoms with van der Waals surface area (Å²) >= 11 is 0. The Morgan fingerprint density at radius 2 is 1.83 bits per heavy atom. The molecule has 0 aromatic heterocycles. The van der Waals surface area contributed by atoms with Crippen molar-refractivity contribution < 1.29 is 4.74 Å². The Morgan fingerprint density at radius 1 is 1.22 bits per heavy atom. The summed E-state index contributed by atoms with van der Waals surface area (Å²) < 4.78 is 5.34. The van der Waals surface area contributed by atoms with Crippen molar-refractivity contribution in [2.75, 3.05) is 39.4 Å². The summed E-state index contributed by atoms with van der Waals surface area (Å²) in [5.74, 6) is 0. The minimum atomic E-state index is -0.0289. The molecule has 2 aliphatic rings. The normalized spacial score (nSPS) is 25.9. The first-order valence-corrected chi connectivity index (χ1v) is 6.63. The Kier molecular flexibility index (Phi) is 3.76. The van der Waals surface area contributed by atoms with Gasteiger partial charge in [-0.2, -0.15) is 5.26 Å². The van der Waals surface area contributed by atoms with Crippen molar-refractivity contribution in [2.24, 2.45) is 0 Å². The summed E-state index contributed by atoms with van der Waals surface area (Å²) in [7, 11) is 0. The highest BCUT2D eigenvalue weighted by Crippen LogP contribution is 2.27. The van der Waals surface area contributed by atoms with E-state index in [1.807, 2.05) is 6.08 Å². The van der Waals surface area contributed by atoms with Crippen LogP contribution in [0.2, 0.25) is 0 Å². The van der Waals surface area contributed by atoms with E-state index in [9.17, 15) is 0 Å². The molecular formula is C14H23N3O. The lowest BCUT2D eigenvalue weighted by molar-refractivity contribution is -0.142. The molecule has 4 nitrogen and oxygen atoms in total. The van der Waals surface area contributed by atoms with E-state index in [0.29, 0.717) is 0 Å². The smallest absolute Gasteiger partial charge is 0.0909 e. The Hall–Kier alpha value is -0.890. The summed E-state index contributed by atoms with van der Waals surface area (Å²) in [6.07, 6.45) is 3.59. The van der Waals surface area contributed by atoms with Gasteiger partial charge in [-0.1, -0.05) is 6.08 Å². The summed E-state index contributed by atoms with van der Waals surface area (Å²) in [5, 5.41) is 8.64. The fourth-order valence-electron chi connectivity index (χ4n) is 2.75. The first-order valence-electron chi connectivity index (χ1n) is 6.63. The number of ether oxygens (including phenoxy) is 1. The fraction of sp³-hybridized carbons (Fsp3) is 0.786. The fourth-order valence-corrected chi connectivity index (χ4v) is 2.75. The average molecular weight is 249 g/mol. The third-order valence-corrected chi connectivity index (χ3v) is 4.25. The van der Waals surface area contributed by atoms with E-state index in [-0.39, 0.29) is 11.1 Å². The average Bonchev–Trinajstić information content (AvgIpc) is 2.34. The third kappa shape index (κ3) is 2.59. The number of hydrogen-bond donors (Lipinski definition) is 0. The number of hydrogen-bond acceptors (Lipinski definition) is 4. The van der Waals surface area contributed by atoms with Gasteiger partial charge in [-0.25, -0.2) is 0 Å². The molecule has 0 N–H and O–H groups in total. The Bertz CT molecular complexity index is 358. The molecule has 0 spiro atoms. The van der Waals surface area contributed by atoms with Crippen LogP contribution >= 0.6 is 0 Å². The van der Waals surface area contributed by atoms with Crippen LogP contribution in [0.25, 0.3) is 0 Å². The van der Waals surface area contributed by atoms with Gasteiger partial charge in [0.1, 0.15) is 0 Å². The van der Waals surface area contributed by atoms with Crippen molar-refractivity contribution in [3.05, 3.63) is 12.2 Å². The highest BCUT2D eigenvalue weighted by Gasteiger charge is 2.41.